The maximum absolute atomic E-state index is 10.3. The molecule has 1 aliphatic heterocycles. The van der Waals surface area contributed by atoms with E-state index >= 15 is 0 Å². The van der Waals surface area contributed by atoms with Crippen molar-refractivity contribution in [3.8, 4) is 5.75 Å². The van der Waals surface area contributed by atoms with E-state index in [9.17, 15) is 15.0 Å². The van der Waals surface area contributed by atoms with Gasteiger partial charge in [0.1, 0.15) is 11.4 Å². The summed E-state index contributed by atoms with van der Waals surface area (Å²) in [5.41, 5.74) is 1.80. The minimum absolute atomic E-state index is 0.248. The summed E-state index contributed by atoms with van der Waals surface area (Å²) in [6, 6.07) is 17.8. The normalized spacial score (nSPS) is 20.7. The van der Waals surface area contributed by atoms with Crippen molar-refractivity contribution in [2.24, 2.45) is 0 Å². The van der Waals surface area contributed by atoms with E-state index in [4.69, 9.17) is 9.47 Å². The van der Waals surface area contributed by atoms with Crippen molar-refractivity contribution in [1.29, 1.82) is 0 Å². The summed E-state index contributed by atoms with van der Waals surface area (Å²) in [5.74, 6) is 0.542. The van der Waals surface area contributed by atoms with Gasteiger partial charge in [-0.15, -0.1) is 0 Å². The molecule has 0 radical (unpaired) electrons. The fourth-order valence-electron chi connectivity index (χ4n) is 3.69. The predicted octanol–water partition coefficient (Wildman–Crippen LogP) is 3.38. The second-order valence-corrected chi connectivity index (χ2v) is 9.52. The lowest BCUT2D eigenvalue weighted by molar-refractivity contribution is -0.138. The first-order valence-electron chi connectivity index (χ1n) is 11.7. The number of hydrogen-bond acceptors (Lipinski definition) is 7. The third kappa shape index (κ3) is 10.2. The molecule has 188 valence electrons. The van der Waals surface area contributed by atoms with Gasteiger partial charge in [-0.25, -0.2) is 0 Å². The molecule has 1 saturated heterocycles. The van der Waals surface area contributed by atoms with Crippen LogP contribution in [0.4, 0.5) is 0 Å². The van der Waals surface area contributed by atoms with Crippen molar-refractivity contribution < 1.29 is 29.2 Å². The van der Waals surface area contributed by atoms with Gasteiger partial charge >= 0.3 is 0 Å². The number of hydrogen-bond donors (Lipinski definition) is 2. The van der Waals surface area contributed by atoms with Gasteiger partial charge in [-0.3, -0.25) is 4.79 Å². The molecule has 0 aliphatic carbocycles. The zero-order valence-corrected chi connectivity index (χ0v) is 20.7. The quantitative estimate of drug-likeness (QED) is 0.426. The molecule has 2 aromatic rings. The van der Waals surface area contributed by atoms with Crippen LogP contribution in [0.3, 0.4) is 0 Å². The number of aliphatic hydroxyl groups is 2. The lowest BCUT2D eigenvalue weighted by Gasteiger charge is -2.37. The number of aliphatic hydroxyl groups excluding tert-OH is 2. The van der Waals surface area contributed by atoms with E-state index in [-0.39, 0.29) is 11.5 Å². The van der Waals surface area contributed by atoms with Crippen LogP contribution in [0.5, 0.6) is 5.75 Å². The van der Waals surface area contributed by atoms with Crippen LogP contribution in [0.2, 0.25) is 0 Å². The molecular weight excluding hydrogens is 434 g/mol. The third-order valence-corrected chi connectivity index (χ3v) is 5.31. The second-order valence-electron chi connectivity index (χ2n) is 9.52. The Bertz CT molecular complexity index is 809. The molecule has 1 fully saturated rings. The van der Waals surface area contributed by atoms with Crippen molar-refractivity contribution in [1.82, 2.24) is 4.90 Å². The monoisotopic (exact) mass is 473 g/mol. The highest BCUT2D eigenvalue weighted by Crippen LogP contribution is 2.29. The van der Waals surface area contributed by atoms with Gasteiger partial charge in [0.05, 0.1) is 32.0 Å². The van der Waals surface area contributed by atoms with Crippen LogP contribution in [-0.2, 0) is 20.9 Å². The summed E-state index contributed by atoms with van der Waals surface area (Å²) in [6.07, 6.45) is -0.305. The van der Waals surface area contributed by atoms with Crippen molar-refractivity contribution in [2.45, 2.75) is 57.5 Å². The first kappa shape index (κ1) is 27.8. The molecule has 0 amide bonds. The summed E-state index contributed by atoms with van der Waals surface area (Å²) >= 11 is 0. The fraction of sp³-hybridized carbons (Fsp3) is 0.519. The second kappa shape index (κ2) is 14.1. The van der Waals surface area contributed by atoms with E-state index in [1.165, 1.54) is 5.56 Å². The number of likely N-dealkylation sites (tertiary alicyclic amines) is 1. The summed E-state index contributed by atoms with van der Waals surface area (Å²) in [7, 11) is 1.91. The molecule has 0 spiro atoms. The highest BCUT2D eigenvalue weighted by Gasteiger charge is 2.34. The van der Waals surface area contributed by atoms with Crippen LogP contribution in [0, 0.1) is 0 Å². The van der Waals surface area contributed by atoms with Crippen LogP contribution in [0.25, 0.3) is 0 Å². The molecule has 0 bridgehead atoms. The molecule has 7 heteroatoms. The molecule has 1 heterocycles. The first-order valence-corrected chi connectivity index (χ1v) is 11.7. The molecule has 3 rings (SSSR count). The molecule has 1 aliphatic rings. The minimum atomic E-state index is -0.563. The van der Waals surface area contributed by atoms with Crippen molar-refractivity contribution in [3.63, 3.8) is 0 Å². The van der Waals surface area contributed by atoms with E-state index in [2.05, 4.69) is 16.9 Å². The van der Waals surface area contributed by atoms with E-state index in [1.807, 2.05) is 75.2 Å². The number of β-amino-alcohol motifs (C(OH)–C–C–N with tert-alkyl or cyclic N) is 2. The van der Waals surface area contributed by atoms with Crippen molar-refractivity contribution in [3.05, 3.63) is 65.7 Å². The van der Waals surface area contributed by atoms with Gasteiger partial charge in [-0.1, -0.05) is 42.5 Å². The van der Waals surface area contributed by atoms with E-state index in [0.717, 1.165) is 17.7 Å². The number of carbonyl (C=O) groups is 1. The van der Waals surface area contributed by atoms with Gasteiger partial charge in [0.15, 0.2) is 0 Å². The van der Waals surface area contributed by atoms with E-state index in [0.29, 0.717) is 39.4 Å². The van der Waals surface area contributed by atoms with Crippen LogP contribution >= 0.6 is 0 Å². The van der Waals surface area contributed by atoms with E-state index in [1.54, 1.807) is 0 Å². The Morgan fingerprint density at radius 2 is 1.59 bits per heavy atom. The van der Waals surface area contributed by atoms with Crippen molar-refractivity contribution in [2.75, 3.05) is 33.4 Å². The summed E-state index contributed by atoms with van der Waals surface area (Å²) in [4.78, 5) is 11.5. The fourth-order valence-corrected chi connectivity index (χ4v) is 3.69. The minimum Gasteiger partial charge on any atom is -0.494 e. The zero-order chi connectivity index (χ0) is 25.0. The summed E-state index contributed by atoms with van der Waals surface area (Å²) < 4.78 is 16.0. The van der Waals surface area contributed by atoms with Crippen molar-refractivity contribution >= 4 is 6.47 Å². The molecule has 2 atom stereocenters. The molecule has 34 heavy (non-hydrogen) atoms. The number of rotatable bonds is 9. The molecule has 2 unspecified atom stereocenters. The highest BCUT2D eigenvalue weighted by molar-refractivity contribution is 5.37. The number of ether oxygens (including phenoxy) is 3. The lowest BCUT2D eigenvalue weighted by atomic mass is 9.85. The Morgan fingerprint density at radius 1 is 0.971 bits per heavy atom. The first-order chi connectivity index (χ1) is 16.2. The van der Waals surface area contributed by atoms with Gasteiger partial charge in [-0.2, -0.15) is 0 Å². The number of piperidine rings is 1. The zero-order valence-electron chi connectivity index (χ0n) is 20.7. The molecule has 2 aromatic carbocycles. The van der Waals surface area contributed by atoms with E-state index < -0.39 is 12.2 Å². The van der Waals surface area contributed by atoms with Gasteiger partial charge in [-0.05, 0) is 51.1 Å². The lowest BCUT2D eigenvalue weighted by Crippen LogP contribution is -2.49. The molecule has 0 saturated carbocycles. The Balaban J connectivity index is 0.000000509. The maximum atomic E-state index is 10.3. The van der Waals surface area contributed by atoms with Crippen LogP contribution in [-0.4, -0.2) is 72.7 Å². The topological polar surface area (TPSA) is 88.5 Å². The molecular formula is C27H39NO6. The van der Waals surface area contributed by atoms with Crippen LogP contribution in [0.1, 0.15) is 44.2 Å². The SMILES string of the molecule is CC(C)(C)OC=O.CN1CC(O)C(c2ccc(OCCCOCc3ccccc3)cc2)C(O)C1. The van der Waals surface area contributed by atoms with Crippen LogP contribution in [0.15, 0.2) is 54.6 Å². The number of nitrogens with zero attached hydrogens (tertiary/aromatic N) is 1. The molecule has 2 N–H and O–H groups in total. The average Bonchev–Trinajstić information content (AvgIpc) is 2.77. The Morgan fingerprint density at radius 3 is 2.12 bits per heavy atom. The largest absolute Gasteiger partial charge is 0.494 e. The Hall–Kier alpha value is -2.45. The molecule has 7 nitrogen and oxygen atoms in total. The Kier molecular flexibility index (Phi) is 11.5. The molecule has 0 aromatic heterocycles. The third-order valence-electron chi connectivity index (χ3n) is 5.31. The average molecular weight is 474 g/mol. The number of carbonyl (C=O) groups excluding carboxylic acids is 1. The summed E-state index contributed by atoms with van der Waals surface area (Å²) in [5, 5.41) is 20.6. The maximum Gasteiger partial charge on any atom is 0.293 e. The summed E-state index contributed by atoms with van der Waals surface area (Å²) in [6.45, 7) is 8.93. The van der Waals surface area contributed by atoms with Gasteiger partial charge in [0, 0.05) is 25.4 Å². The van der Waals surface area contributed by atoms with Gasteiger partial charge in [0.25, 0.3) is 6.47 Å². The number of benzene rings is 2. The van der Waals surface area contributed by atoms with Gasteiger partial charge in [0.2, 0.25) is 0 Å². The highest BCUT2D eigenvalue weighted by atomic mass is 16.5. The standard InChI is InChI=1S/C22H29NO4.C5H10O2/c1-23-14-20(24)22(21(25)15-23)18-8-10-19(11-9-18)27-13-5-12-26-16-17-6-3-2-4-7-17;1-5(2,3)7-4-6/h2-4,6-11,20-22,24-25H,5,12-16H2,1H3;4H,1-3H3. The number of likely N-dealkylation sites (N-methyl/N-ethyl adjacent to an activating group) is 1. The van der Waals surface area contributed by atoms with Crippen LogP contribution < -0.4 is 4.74 Å². The predicted molar refractivity (Wildman–Crippen MR) is 132 cm³/mol. The Labute approximate surface area is 203 Å². The smallest absolute Gasteiger partial charge is 0.293 e. The van der Waals surface area contributed by atoms with Gasteiger partial charge < -0.3 is 29.3 Å².